The van der Waals surface area contributed by atoms with Crippen LogP contribution in [0.25, 0.3) is 6.08 Å². The summed E-state index contributed by atoms with van der Waals surface area (Å²) in [6, 6.07) is 3.21. The van der Waals surface area contributed by atoms with Gasteiger partial charge in [-0.05, 0) is 18.6 Å². The van der Waals surface area contributed by atoms with Crippen molar-refractivity contribution in [3.63, 3.8) is 0 Å². The Morgan fingerprint density at radius 2 is 2.33 bits per heavy atom. The fourth-order valence-electron chi connectivity index (χ4n) is 1.03. The molecule has 0 atom stereocenters. The first-order valence-corrected chi connectivity index (χ1v) is 5.77. The normalized spacial score (nSPS) is 10.8. The summed E-state index contributed by atoms with van der Waals surface area (Å²) in [5.41, 5.74) is 0.543. The van der Waals surface area contributed by atoms with Gasteiger partial charge in [0.2, 0.25) is 0 Å². The molecule has 0 unspecified atom stereocenters. The smallest absolute Gasteiger partial charge is 0.355 e. The van der Waals surface area contributed by atoms with Gasteiger partial charge in [-0.1, -0.05) is 39.7 Å². The quantitative estimate of drug-likeness (QED) is 0.684. The number of carboxylic acid groups (broad SMARTS) is 1. The Morgan fingerprint density at radius 1 is 1.60 bits per heavy atom. The van der Waals surface area contributed by atoms with Gasteiger partial charge in [-0.2, -0.15) is 0 Å². The molecule has 0 saturated carbocycles. The average Bonchev–Trinajstić information content (AvgIpc) is 2.20. The number of carboxylic acids is 1. The Morgan fingerprint density at radius 3 is 2.93 bits per heavy atom. The lowest BCUT2D eigenvalue weighted by molar-refractivity contribution is 0.0690. The standard InChI is InChI=1S/C10H9BrClNO2/c11-6-2-1-3-7-4-5-8(12)13-9(7)10(14)15/h1,3-5H,2,6H2,(H,14,15). The highest BCUT2D eigenvalue weighted by atomic mass is 79.9. The Hall–Kier alpha value is -0.870. The number of aromatic nitrogens is 1. The number of alkyl halides is 1. The molecule has 0 aliphatic rings. The van der Waals surface area contributed by atoms with Gasteiger partial charge in [0.05, 0.1) is 0 Å². The maximum atomic E-state index is 10.8. The summed E-state index contributed by atoms with van der Waals surface area (Å²) in [7, 11) is 0. The van der Waals surface area contributed by atoms with Crippen molar-refractivity contribution in [2.45, 2.75) is 6.42 Å². The first-order valence-electron chi connectivity index (χ1n) is 4.27. The summed E-state index contributed by atoms with van der Waals surface area (Å²) in [6.45, 7) is 0. The second kappa shape index (κ2) is 5.88. The summed E-state index contributed by atoms with van der Waals surface area (Å²) < 4.78 is 0. The summed E-state index contributed by atoms with van der Waals surface area (Å²) >= 11 is 8.89. The lowest BCUT2D eigenvalue weighted by Gasteiger charge is -2.00. The molecule has 1 aromatic heterocycles. The van der Waals surface area contributed by atoms with Gasteiger partial charge in [0.15, 0.2) is 5.69 Å². The van der Waals surface area contributed by atoms with Gasteiger partial charge in [-0.15, -0.1) is 0 Å². The van der Waals surface area contributed by atoms with E-state index < -0.39 is 5.97 Å². The van der Waals surface area contributed by atoms with Crippen molar-refractivity contribution in [1.82, 2.24) is 4.98 Å². The van der Waals surface area contributed by atoms with Crippen LogP contribution in [0.3, 0.4) is 0 Å². The van der Waals surface area contributed by atoms with Crippen molar-refractivity contribution >= 4 is 39.6 Å². The Kier molecular flexibility index (Phi) is 4.78. The van der Waals surface area contributed by atoms with E-state index in [-0.39, 0.29) is 10.8 Å². The number of nitrogens with zero attached hydrogens (tertiary/aromatic N) is 1. The molecule has 0 saturated heterocycles. The third-order valence-electron chi connectivity index (χ3n) is 1.67. The van der Waals surface area contributed by atoms with Gasteiger partial charge in [0.1, 0.15) is 5.15 Å². The summed E-state index contributed by atoms with van der Waals surface area (Å²) in [5, 5.41) is 9.91. The molecule has 0 fully saturated rings. The topological polar surface area (TPSA) is 50.2 Å². The van der Waals surface area contributed by atoms with E-state index >= 15 is 0 Å². The number of hydrogen-bond acceptors (Lipinski definition) is 2. The van der Waals surface area contributed by atoms with E-state index in [1.54, 1.807) is 18.2 Å². The van der Waals surface area contributed by atoms with Crippen LogP contribution in [0, 0.1) is 0 Å². The van der Waals surface area contributed by atoms with E-state index in [2.05, 4.69) is 20.9 Å². The van der Waals surface area contributed by atoms with Crippen LogP contribution < -0.4 is 0 Å². The first-order chi connectivity index (χ1) is 7.15. The maximum absolute atomic E-state index is 10.8. The predicted molar refractivity (Wildman–Crippen MR) is 63.7 cm³/mol. The van der Waals surface area contributed by atoms with Crippen LogP contribution >= 0.6 is 27.5 Å². The molecular formula is C10H9BrClNO2. The van der Waals surface area contributed by atoms with Crippen LogP contribution in [-0.4, -0.2) is 21.4 Å². The fraction of sp³-hybridized carbons (Fsp3) is 0.200. The van der Waals surface area contributed by atoms with Gasteiger partial charge in [-0.3, -0.25) is 0 Å². The molecule has 1 rings (SSSR count). The van der Waals surface area contributed by atoms with Crippen LogP contribution in [0.2, 0.25) is 5.15 Å². The van der Waals surface area contributed by atoms with Gasteiger partial charge >= 0.3 is 5.97 Å². The Bertz CT molecular complexity index is 393. The molecule has 0 amide bonds. The zero-order chi connectivity index (χ0) is 11.3. The highest BCUT2D eigenvalue weighted by Gasteiger charge is 2.09. The average molecular weight is 291 g/mol. The molecular weight excluding hydrogens is 281 g/mol. The van der Waals surface area contributed by atoms with Crippen molar-refractivity contribution in [2.24, 2.45) is 0 Å². The van der Waals surface area contributed by atoms with Crippen molar-refractivity contribution in [3.8, 4) is 0 Å². The molecule has 0 aliphatic heterocycles. The molecule has 0 aliphatic carbocycles. The van der Waals surface area contributed by atoms with Crippen LogP contribution in [0.15, 0.2) is 18.2 Å². The zero-order valence-electron chi connectivity index (χ0n) is 7.78. The Labute approximate surface area is 101 Å². The lowest BCUT2D eigenvalue weighted by atomic mass is 10.1. The van der Waals surface area contributed by atoms with Crippen LogP contribution in [-0.2, 0) is 0 Å². The fourth-order valence-corrected chi connectivity index (χ4v) is 1.44. The summed E-state index contributed by atoms with van der Waals surface area (Å²) in [4.78, 5) is 14.6. The molecule has 0 radical (unpaired) electrons. The van der Waals surface area contributed by atoms with Crippen molar-refractivity contribution in [2.75, 3.05) is 5.33 Å². The molecule has 0 spiro atoms. The van der Waals surface area contributed by atoms with Gasteiger partial charge in [0, 0.05) is 10.9 Å². The van der Waals surface area contributed by atoms with Crippen molar-refractivity contribution in [1.29, 1.82) is 0 Å². The predicted octanol–water partition coefficient (Wildman–Crippen LogP) is 3.23. The molecule has 15 heavy (non-hydrogen) atoms. The highest BCUT2D eigenvalue weighted by Crippen LogP contribution is 2.13. The van der Waals surface area contributed by atoms with Gasteiger partial charge in [0.25, 0.3) is 0 Å². The largest absolute Gasteiger partial charge is 0.476 e. The third-order valence-corrected chi connectivity index (χ3v) is 2.34. The SMILES string of the molecule is O=C(O)c1nc(Cl)ccc1C=CCCBr. The molecule has 3 nitrogen and oxygen atoms in total. The van der Waals surface area contributed by atoms with E-state index in [4.69, 9.17) is 16.7 Å². The summed E-state index contributed by atoms with van der Waals surface area (Å²) in [5.74, 6) is -1.07. The van der Waals surface area contributed by atoms with Crippen LogP contribution in [0.1, 0.15) is 22.5 Å². The maximum Gasteiger partial charge on any atom is 0.355 e. The monoisotopic (exact) mass is 289 g/mol. The van der Waals surface area contributed by atoms with E-state index in [9.17, 15) is 4.79 Å². The van der Waals surface area contributed by atoms with E-state index in [0.29, 0.717) is 5.56 Å². The second-order valence-corrected chi connectivity index (χ2v) is 3.94. The van der Waals surface area contributed by atoms with E-state index in [1.807, 2.05) is 6.08 Å². The number of pyridine rings is 1. The minimum atomic E-state index is -1.07. The molecule has 1 N–H and O–H groups in total. The van der Waals surface area contributed by atoms with Crippen LogP contribution in [0.5, 0.6) is 0 Å². The molecule has 5 heteroatoms. The van der Waals surface area contributed by atoms with E-state index in [0.717, 1.165) is 11.8 Å². The number of halogens is 2. The van der Waals surface area contributed by atoms with E-state index in [1.165, 1.54) is 0 Å². The molecule has 0 bridgehead atoms. The number of allylic oxidation sites excluding steroid dienone is 1. The molecule has 1 aromatic rings. The van der Waals surface area contributed by atoms with Gasteiger partial charge in [-0.25, -0.2) is 9.78 Å². The molecule has 0 aromatic carbocycles. The second-order valence-electron chi connectivity index (χ2n) is 2.76. The minimum absolute atomic E-state index is 0.0201. The number of aromatic carboxylic acids is 1. The highest BCUT2D eigenvalue weighted by molar-refractivity contribution is 9.09. The molecule has 80 valence electrons. The van der Waals surface area contributed by atoms with Crippen LogP contribution in [0.4, 0.5) is 0 Å². The molecule has 1 heterocycles. The number of hydrogen-bond donors (Lipinski definition) is 1. The summed E-state index contributed by atoms with van der Waals surface area (Å²) in [6.07, 6.45) is 4.45. The first kappa shape index (κ1) is 12.2. The van der Waals surface area contributed by atoms with Crippen molar-refractivity contribution in [3.05, 3.63) is 34.6 Å². The zero-order valence-corrected chi connectivity index (χ0v) is 10.1. The third kappa shape index (κ3) is 3.64. The number of carbonyl (C=O) groups is 1. The Balaban J connectivity index is 3.01. The van der Waals surface area contributed by atoms with Gasteiger partial charge < -0.3 is 5.11 Å². The van der Waals surface area contributed by atoms with Crippen molar-refractivity contribution < 1.29 is 9.90 Å². The number of rotatable bonds is 4. The lowest BCUT2D eigenvalue weighted by Crippen LogP contribution is -2.03. The minimum Gasteiger partial charge on any atom is -0.476 e.